The second-order valence-electron chi connectivity index (χ2n) is 3.90. The minimum atomic E-state index is 0.225. The normalized spacial score (nSPS) is 12.4. The molecule has 0 saturated heterocycles. The van der Waals surface area contributed by atoms with Gasteiger partial charge in [0.05, 0.1) is 17.1 Å². The van der Waals surface area contributed by atoms with Gasteiger partial charge in [-0.1, -0.05) is 6.07 Å². The highest BCUT2D eigenvalue weighted by Crippen LogP contribution is 2.31. The standard InChI is InChI=1S/C14H16BrNOS/c1-3-17-13-5-4-10(8-12(13)15)14(16-2)11-6-7-18-9-11/h4-9,14,16H,3H2,1-2H3. The summed E-state index contributed by atoms with van der Waals surface area (Å²) in [5, 5.41) is 7.62. The number of benzene rings is 1. The molecule has 0 bridgehead atoms. The van der Waals surface area contributed by atoms with E-state index in [2.05, 4.69) is 50.2 Å². The van der Waals surface area contributed by atoms with Crippen molar-refractivity contribution in [1.82, 2.24) is 5.32 Å². The lowest BCUT2D eigenvalue weighted by Gasteiger charge is -2.17. The molecule has 2 aromatic rings. The van der Waals surface area contributed by atoms with E-state index in [9.17, 15) is 0 Å². The van der Waals surface area contributed by atoms with Gasteiger partial charge in [0.2, 0.25) is 0 Å². The van der Waals surface area contributed by atoms with Crippen LogP contribution in [0, 0.1) is 0 Å². The molecule has 2 rings (SSSR count). The fraction of sp³-hybridized carbons (Fsp3) is 0.286. The molecule has 1 N–H and O–H groups in total. The smallest absolute Gasteiger partial charge is 0.133 e. The van der Waals surface area contributed by atoms with Crippen LogP contribution < -0.4 is 10.1 Å². The van der Waals surface area contributed by atoms with Crippen molar-refractivity contribution in [2.75, 3.05) is 13.7 Å². The van der Waals surface area contributed by atoms with Gasteiger partial charge in [-0.25, -0.2) is 0 Å². The number of hydrogen-bond acceptors (Lipinski definition) is 3. The second-order valence-corrected chi connectivity index (χ2v) is 5.54. The Bertz CT molecular complexity index is 499. The quantitative estimate of drug-likeness (QED) is 0.888. The van der Waals surface area contributed by atoms with Crippen LogP contribution in [0.5, 0.6) is 5.75 Å². The summed E-state index contributed by atoms with van der Waals surface area (Å²) in [7, 11) is 1.98. The number of rotatable bonds is 5. The van der Waals surface area contributed by atoms with Gasteiger partial charge in [0.1, 0.15) is 5.75 Å². The lowest BCUT2D eigenvalue weighted by molar-refractivity contribution is 0.338. The monoisotopic (exact) mass is 325 g/mol. The summed E-state index contributed by atoms with van der Waals surface area (Å²) < 4.78 is 6.53. The molecular weight excluding hydrogens is 310 g/mol. The molecule has 0 fully saturated rings. The highest BCUT2D eigenvalue weighted by molar-refractivity contribution is 9.10. The maximum absolute atomic E-state index is 5.53. The summed E-state index contributed by atoms with van der Waals surface area (Å²) in [6.07, 6.45) is 0. The van der Waals surface area contributed by atoms with E-state index in [1.165, 1.54) is 11.1 Å². The van der Waals surface area contributed by atoms with Crippen molar-refractivity contribution < 1.29 is 4.74 Å². The van der Waals surface area contributed by atoms with Crippen molar-refractivity contribution in [1.29, 1.82) is 0 Å². The average Bonchev–Trinajstić information content (AvgIpc) is 2.87. The third-order valence-electron chi connectivity index (χ3n) is 2.75. The fourth-order valence-electron chi connectivity index (χ4n) is 1.93. The molecule has 0 radical (unpaired) electrons. The Morgan fingerprint density at radius 1 is 1.33 bits per heavy atom. The summed E-state index contributed by atoms with van der Waals surface area (Å²) in [4.78, 5) is 0. The fourth-order valence-corrected chi connectivity index (χ4v) is 3.13. The van der Waals surface area contributed by atoms with Gasteiger partial charge in [-0.3, -0.25) is 0 Å². The van der Waals surface area contributed by atoms with Crippen LogP contribution in [0.1, 0.15) is 24.1 Å². The number of ether oxygens (including phenoxy) is 1. The highest BCUT2D eigenvalue weighted by atomic mass is 79.9. The van der Waals surface area contributed by atoms with Crippen LogP contribution in [0.3, 0.4) is 0 Å². The number of halogens is 1. The van der Waals surface area contributed by atoms with Gasteiger partial charge >= 0.3 is 0 Å². The van der Waals surface area contributed by atoms with Crippen LogP contribution in [-0.4, -0.2) is 13.7 Å². The number of nitrogens with one attached hydrogen (secondary N) is 1. The molecule has 0 spiro atoms. The largest absolute Gasteiger partial charge is 0.493 e. The molecular formula is C14H16BrNOS. The molecule has 96 valence electrons. The molecule has 18 heavy (non-hydrogen) atoms. The number of thiophene rings is 1. The van der Waals surface area contributed by atoms with Crippen molar-refractivity contribution in [3.63, 3.8) is 0 Å². The SMILES string of the molecule is CCOc1ccc(C(NC)c2ccsc2)cc1Br. The van der Waals surface area contributed by atoms with Gasteiger partial charge < -0.3 is 10.1 Å². The summed E-state index contributed by atoms with van der Waals surface area (Å²) in [6, 6.07) is 8.61. The van der Waals surface area contributed by atoms with E-state index in [-0.39, 0.29) is 6.04 Å². The van der Waals surface area contributed by atoms with Gasteiger partial charge in [-0.05, 0) is 70.0 Å². The third kappa shape index (κ3) is 2.94. The van der Waals surface area contributed by atoms with Gasteiger partial charge in [-0.15, -0.1) is 0 Å². The first-order chi connectivity index (χ1) is 8.76. The molecule has 0 saturated carbocycles. The molecule has 0 aliphatic heterocycles. The molecule has 1 heterocycles. The van der Waals surface area contributed by atoms with E-state index in [1.807, 2.05) is 20.0 Å². The van der Waals surface area contributed by atoms with E-state index in [0.29, 0.717) is 6.61 Å². The summed E-state index contributed by atoms with van der Waals surface area (Å²) in [6.45, 7) is 2.67. The molecule has 4 heteroatoms. The van der Waals surface area contributed by atoms with Crippen molar-refractivity contribution in [2.45, 2.75) is 13.0 Å². The van der Waals surface area contributed by atoms with Crippen molar-refractivity contribution in [3.05, 3.63) is 50.6 Å². The zero-order valence-electron chi connectivity index (χ0n) is 10.4. The van der Waals surface area contributed by atoms with Crippen LogP contribution in [0.2, 0.25) is 0 Å². The maximum Gasteiger partial charge on any atom is 0.133 e. The summed E-state index contributed by atoms with van der Waals surface area (Å²) >= 11 is 5.28. The first-order valence-corrected chi connectivity index (χ1v) is 7.61. The van der Waals surface area contributed by atoms with Gasteiger partial charge in [-0.2, -0.15) is 11.3 Å². The molecule has 1 atom stereocenters. The minimum Gasteiger partial charge on any atom is -0.493 e. The molecule has 2 nitrogen and oxygen atoms in total. The van der Waals surface area contributed by atoms with Crippen molar-refractivity contribution >= 4 is 27.3 Å². The molecule has 1 aromatic carbocycles. The molecule has 1 unspecified atom stereocenters. The Morgan fingerprint density at radius 3 is 2.72 bits per heavy atom. The predicted octanol–water partition coefficient (Wildman–Crippen LogP) is 4.22. The Labute approximate surface area is 120 Å². The van der Waals surface area contributed by atoms with Crippen molar-refractivity contribution in [2.24, 2.45) is 0 Å². The number of hydrogen-bond donors (Lipinski definition) is 1. The molecule has 0 aliphatic carbocycles. The van der Waals surface area contributed by atoms with Gasteiger partial charge in [0.15, 0.2) is 0 Å². The van der Waals surface area contributed by atoms with Crippen LogP contribution >= 0.6 is 27.3 Å². The Hall–Kier alpha value is -0.840. The third-order valence-corrected chi connectivity index (χ3v) is 4.08. The van der Waals surface area contributed by atoms with Crippen LogP contribution in [-0.2, 0) is 0 Å². The van der Waals surface area contributed by atoms with E-state index in [0.717, 1.165) is 10.2 Å². The Balaban J connectivity index is 2.30. The first-order valence-electron chi connectivity index (χ1n) is 5.88. The second kappa shape index (κ2) is 6.36. The molecule has 0 aliphatic rings. The van der Waals surface area contributed by atoms with E-state index < -0.39 is 0 Å². The minimum absolute atomic E-state index is 0.225. The Morgan fingerprint density at radius 2 is 2.17 bits per heavy atom. The lowest BCUT2D eigenvalue weighted by atomic mass is 10.0. The van der Waals surface area contributed by atoms with Crippen LogP contribution in [0.25, 0.3) is 0 Å². The van der Waals surface area contributed by atoms with Gasteiger partial charge in [0.25, 0.3) is 0 Å². The van der Waals surface area contributed by atoms with E-state index in [4.69, 9.17) is 4.74 Å². The van der Waals surface area contributed by atoms with Crippen molar-refractivity contribution in [3.8, 4) is 5.75 Å². The summed E-state index contributed by atoms with van der Waals surface area (Å²) in [5.74, 6) is 0.890. The predicted molar refractivity (Wildman–Crippen MR) is 80.5 cm³/mol. The maximum atomic E-state index is 5.53. The zero-order valence-corrected chi connectivity index (χ0v) is 12.8. The summed E-state index contributed by atoms with van der Waals surface area (Å²) in [5.41, 5.74) is 2.52. The molecule has 1 aromatic heterocycles. The zero-order chi connectivity index (χ0) is 13.0. The van der Waals surface area contributed by atoms with E-state index >= 15 is 0 Å². The Kier molecular flexibility index (Phi) is 4.80. The van der Waals surface area contributed by atoms with Crippen LogP contribution in [0.4, 0.5) is 0 Å². The van der Waals surface area contributed by atoms with E-state index in [1.54, 1.807) is 11.3 Å². The van der Waals surface area contributed by atoms with Gasteiger partial charge in [0, 0.05) is 0 Å². The topological polar surface area (TPSA) is 21.3 Å². The average molecular weight is 326 g/mol. The molecule has 0 amide bonds. The first kappa shape index (κ1) is 13.6. The van der Waals surface area contributed by atoms with Crippen LogP contribution in [0.15, 0.2) is 39.5 Å². The lowest BCUT2D eigenvalue weighted by Crippen LogP contribution is -2.16. The highest BCUT2D eigenvalue weighted by Gasteiger charge is 2.13.